The van der Waals surface area contributed by atoms with Crippen molar-refractivity contribution in [3.8, 4) is 23.7 Å². The summed E-state index contributed by atoms with van der Waals surface area (Å²) in [6.07, 6.45) is 8.75. The van der Waals surface area contributed by atoms with Crippen LogP contribution in [0.5, 0.6) is 0 Å². The third-order valence-corrected chi connectivity index (χ3v) is 12.0. The van der Waals surface area contributed by atoms with Crippen molar-refractivity contribution in [3.63, 3.8) is 0 Å². The van der Waals surface area contributed by atoms with E-state index in [0.717, 1.165) is 73.6 Å². The number of benzene rings is 2. The van der Waals surface area contributed by atoms with Crippen molar-refractivity contribution in [1.82, 2.24) is 40.4 Å². The molecule has 14 heteroatoms. The van der Waals surface area contributed by atoms with Crippen molar-refractivity contribution in [2.75, 3.05) is 27.3 Å². The number of likely N-dealkylation sites (tertiary alicyclic amines) is 2. The summed E-state index contributed by atoms with van der Waals surface area (Å²) in [5, 5.41) is 5.40. The Morgan fingerprint density at radius 3 is 1.45 bits per heavy atom. The van der Waals surface area contributed by atoms with Crippen molar-refractivity contribution < 1.29 is 28.7 Å². The van der Waals surface area contributed by atoms with E-state index in [1.165, 1.54) is 25.3 Å². The van der Waals surface area contributed by atoms with Crippen LogP contribution in [0.15, 0.2) is 48.8 Å². The van der Waals surface area contributed by atoms with E-state index in [1.807, 2.05) is 27.7 Å². The summed E-state index contributed by atoms with van der Waals surface area (Å²) < 4.78 is 9.54. The number of amides is 4. The highest BCUT2D eigenvalue weighted by Crippen LogP contribution is 2.33. The van der Waals surface area contributed by atoms with Crippen LogP contribution < -0.4 is 10.6 Å². The van der Waals surface area contributed by atoms with Gasteiger partial charge in [0.05, 0.1) is 26.3 Å². The lowest BCUT2D eigenvalue weighted by Crippen LogP contribution is -2.51. The maximum Gasteiger partial charge on any atom is 0.407 e. The largest absolute Gasteiger partial charge is 0.453 e. The number of aryl methyl sites for hydroxylation is 4. The Balaban J connectivity index is 1.03. The summed E-state index contributed by atoms with van der Waals surface area (Å²) in [7, 11) is 2.58. The molecule has 2 aliphatic heterocycles. The Morgan fingerprint density at radius 1 is 0.645 bits per heavy atom. The van der Waals surface area contributed by atoms with Crippen molar-refractivity contribution >= 4 is 24.0 Å². The zero-order valence-corrected chi connectivity index (χ0v) is 36.4. The number of rotatable bonds is 8. The summed E-state index contributed by atoms with van der Waals surface area (Å²) >= 11 is 0. The van der Waals surface area contributed by atoms with Crippen molar-refractivity contribution in [2.45, 2.75) is 103 Å². The van der Waals surface area contributed by atoms with Gasteiger partial charge in [0.2, 0.25) is 11.8 Å². The zero-order chi connectivity index (χ0) is 43.9. The molecule has 4 atom stereocenters. The molecule has 0 spiro atoms. The van der Waals surface area contributed by atoms with Gasteiger partial charge in [0.15, 0.2) is 0 Å². The first kappa shape index (κ1) is 43.5. The maximum atomic E-state index is 13.6. The van der Waals surface area contributed by atoms with Crippen molar-refractivity contribution in [1.29, 1.82) is 0 Å². The average Bonchev–Trinajstić information content (AvgIpc) is 4.11. The van der Waals surface area contributed by atoms with Gasteiger partial charge >= 0.3 is 12.2 Å². The molecule has 4 amide bonds. The third kappa shape index (κ3) is 9.97. The van der Waals surface area contributed by atoms with E-state index in [1.54, 1.807) is 22.2 Å². The summed E-state index contributed by atoms with van der Waals surface area (Å²) in [6.45, 7) is 8.76. The second kappa shape index (κ2) is 19.4. The summed E-state index contributed by atoms with van der Waals surface area (Å²) in [5.41, 5.74) is 7.84. The van der Waals surface area contributed by atoms with Gasteiger partial charge in [-0.2, -0.15) is 0 Å². The van der Waals surface area contributed by atoms with Crippen LogP contribution in [0.4, 0.5) is 9.59 Å². The normalized spacial score (nSPS) is 17.9. The van der Waals surface area contributed by atoms with Gasteiger partial charge in [-0.05, 0) is 109 Å². The predicted octanol–water partition coefficient (Wildman–Crippen LogP) is 5.90. The highest BCUT2D eigenvalue weighted by atomic mass is 16.5. The number of methoxy groups -OCH3 is 2. The molecule has 4 aliphatic carbocycles. The van der Waals surface area contributed by atoms with Crippen LogP contribution in [-0.4, -0.2) is 93.1 Å². The van der Waals surface area contributed by atoms with E-state index >= 15 is 0 Å². The molecule has 324 valence electrons. The van der Waals surface area contributed by atoms with E-state index in [4.69, 9.17) is 19.4 Å². The molecule has 0 saturated carbocycles. The van der Waals surface area contributed by atoms with Crippen LogP contribution in [-0.2, 0) is 44.7 Å². The Kier molecular flexibility index (Phi) is 13.7. The first-order valence-electron chi connectivity index (χ1n) is 21.6. The maximum absolute atomic E-state index is 13.6. The smallest absolute Gasteiger partial charge is 0.407 e. The minimum Gasteiger partial charge on any atom is -0.453 e. The standard InChI is InChI=1S/C48H56N8O6/c1-29(2)41(53-47(59)61-5)45(57)55-23-7-9-39(55)43-49-27-37(51-43)21-19-35-25-31-11-15-33(35)17-13-32-12-16-34(18-14-31)36(26-32)20-22-38-28-50-44(52-38)40-10-8-24-56(40)46(58)42(30(3)4)54-48(60)62-6/h11-12,15-16,25-30,39-42H,7-10,13-14,17-18,23-24H2,1-6H3,(H,49,51)(H,50,52)(H,53,59)(H,54,60)/t39-,40-,41?,42?/m0/s1. The van der Waals surface area contributed by atoms with Crippen LogP contribution >= 0.6 is 0 Å². The molecule has 2 fully saturated rings. The van der Waals surface area contributed by atoms with E-state index in [9.17, 15) is 19.2 Å². The van der Waals surface area contributed by atoms with Crippen LogP contribution in [0.2, 0.25) is 0 Å². The van der Waals surface area contributed by atoms with E-state index in [0.29, 0.717) is 36.1 Å². The molecule has 2 unspecified atom stereocenters. The molecule has 2 saturated heterocycles. The Morgan fingerprint density at radius 2 is 1.06 bits per heavy atom. The van der Waals surface area contributed by atoms with E-state index < -0.39 is 24.3 Å². The lowest BCUT2D eigenvalue weighted by atomic mass is 9.91. The topological polar surface area (TPSA) is 175 Å². The van der Waals surface area contributed by atoms with E-state index in [2.05, 4.69) is 80.7 Å². The molecule has 4 bridgehead atoms. The number of nitrogens with zero attached hydrogens (tertiary/aromatic N) is 4. The number of alkyl carbamates (subject to hydrolysis) is 2. The van der Waals surface area contributed by atoms with Gasteiger partial charge in [0.1, 0.15) is 35.1 Å². The number of carbonyl (C=O) groups excluding carboxylic acids is 4. The van der Waals surface area contributed by atoms with Gasteiger partial charge in [-0.3, -0.25) is 9.59 Å². The number of aromatic amines is 2. The molecule has 4 aromatic rings. The minimum absolute atomic E-state index is 0.115. The lowest BCUT2D eigenvalue weighted by molar-refractivity contribution is -0.136. The van der Waals surface area contributed by atoms with Gasteiger partial charge in [-0.15, -0.1) is 0 Å². The van der Waals surface area contributed by atoms with Crippen molar-refractivity contribution in [2.24, 2.45) is 11.8 Å². The van der Waals surface area contributed by atoms with Crippen LogP contribution in [0.1, 0.15) is 122 Å². The summed E-state index contributed by atoms with van der Waals surface area (Å²) in [5.74, 6) is 14.2. The second-order valence-electron chi connectivity index (χ2n) is 16.9. The fourth-order valence-corrected chi connectivity index (χ4v) is 8.58. The van der Waals surface area contributed by atoms with Crippen LogP contribution in [0, 0.1) is 35.5 Å². The number of ether oxygens (including phenoxy) is 2. The number of nitrogens with one attached hydrogen (secondary N) is 4. The summed E-state index contributed by atoms with van der Waals surface area (Å²) in [6, 6.07) is 11.3. The van der Waals surface area contributed by atoms with Crippen molar-refractivity contribution in [3.05, 3.63) is 105 Å². The SMILES string of the molecule is COC(=O)NC(C(=O)N1CCC[C@H]1c1nc(C#Cc2cc3ccc2CCc2ccc(c(C#Cc4c[nH]c([C@@H]5CCCN5C(=O)C(NC(=O)OC)C(C)C)n4)c2)CC3)c[nH]1)C(C)C. The fourth-order valence-electron chi connectivity index (χ4n) is 8.58. The first-order chi connectivity index (χ1) is 29.9. The monoisotopic (exact) mass is 840 g/mol. The highest BCUT2D eigenvalue weighted by molar-refractivity contribution is 5.87. The van der Waals surface area contributed by atoms with E-state index in [-0.39, 0.29) is 35.7 Å². The predicted molar refractivity (Wildman–Crippen MR) is 233 cm³/mol. The third-order valence-electron chi connectivity index (χ3n) is 12.0. The van der Waals surface area contributed by atoms with Gasteiger partial charge < -0.3 is 39.9 Å². The fraction of sp³-hybridized carbons (Fsp3) is 0.458. The molecule has 14 nitrogen and oxygen atoms in total. The molecule has 10 rings (SSSR count). The number of imidazole rings is 2. The zero-order valence-electron chi connectivity index (χ0n) is 36.4. The van der Waals surface area contributed by atoms with Gasteiger partial charge in [-0.25, -0.2) is 19.6 Å². The first-order valence-corrected chi connectivity index (χ1v) is 21.6. The molecule has 4 N–H and O–H groups in total. The second-order valence-corrected chi connectivity index (χ2v) is 16.9. The molecule has 2 aromatic heterocycles. The molecule has 4 heterocycles. The quantitative estimate of drug-likeness (QED) is 0.159. The van der Waals surface area contributed by atoms with Gasteiger partial charge in [0.25, 0.3) is 0 Å². The number of H-pyrrole nitrogens is 2. The molecular weight excluding hydrogens is 785 g/mol. The molecule has 0 radical (unpaired) electrons. The Bertz CT molecular complexity index is 2260. The van der Waals surface area contributed by atoms with Crippen LogP contribution in [0.25, 0.3) is 0 Å². The molecule has 62 heavy (non-hydrogen) atoms. The number of hydrogen-bond acceptors (Lipinski definition) is 8. The minimum atomic E-state index is -0.700. The molecule has 6 aliphatic rings. The Hall–Kier alpha value is -6.54. The molecule has 2 aromatic carbocycles. The Labute approximate surface area is 363 Å². The highest BCUT2D eigenvalue weighted by Gasteiger charge is 2.39. The van der Waals surface area contributed by atoms with Gasteiger partial charge in [0, 0.05) is 36.6 Å². The van der Waals surface area contributed by atoms with Crippen LogP contribution in [0.3, 0.4) is 0 Å². The number of hydrogen-bond donors (Lipinski definition) is 4. The number of carbonyl (C=O) groups is 4. The number of aromatic nitrogens is 4. The average molecular weight is 841 g/mol. The van der Waals surface area contributed by atoms with Gasteiger partial charge in [-0.1, -0.05) is 63.8 Å². The summed E-state index contributed by atoms with van der Waals surface area (Å²) in [4.78, 5) is 71.0. The molecular formula is C48H56N8O6. The lowest BCUT2D eigenvalue weighted by Gasteiger charge is -2.29.